The highest BCUT2D eigenvalue weighted by atomic mass is 127. The minimum atomic E-state index is 1.16. The lowest BCUT2D eigenvalue weighted by atomic mass is 10.1. The van der Waals surface area contributed by atoms with Crippen LogP contribution >= 0.6 is 22.6 Å². The Morgan fingerprint density at radius 2 is 2.43 bits per heavy atom. The number of halogens is 1. The third-order valence-corrected chi connectivity index (χ3v) is 1.38. The van der Waals surface area contributed by atoms with Crippen molar-refractivity contribution in [2.75, 3.05) is 4.43 Å². The van der Waals surface area contributed by atoms with E-state index in [1.807, 2.05) is 6.08 Å². The average molecular weight is 204 g/mol. The summed E-state index contributed by atoms with van der Waals surface area (Å²) in [5.74, 6) is 0. The highest BCUT2D eigenvalue weighted by Gasteiger charge is 1.90. The molecule has 1 aliphatic carbocycles. The van der Waals surface area contributed by atoms with E-state index in [0.717, 1.165) is 6.42 Å². The zero-order chi connectivity index (χ0) is 5.11. The van der Waals surface area contributed by atoms with Crippen LogP contribution in [0.15, 0.2) is 23.1 Å². The van der Waals surface area contributed by atoms with Crippen molar-refractivity contribution < 1.29 is 0 Å². The number of hydrogen-bond donors (Lipinski definition) is 0. The molecule has 0 saturated heterocycles. The van der Waals surface area contributed by atoms with Gasteiger partial charge in [-0.2, -0.15) is 0 Å². The number of rotatable bonds is 2. The monoisotopic (exact) mass is 204 g/mol. The predicted molar refractivity (Wildman–Crippen MR) is 38.6 cm³/mol. The Balaban J connectivity index is 2.34. The van der Waals surface area contributed by atoms with E-state index in [0.29, 0.717) is 0 Å². The first-order valence-corrected chi connectivity index (χ1v) is 3.72. The maximum Gasteiger partial charge on any atom is 0.0115 e. The van der Waals surface area contributed by atoms with Crippen LogP contribution in [0.1, 0.15) is 6.42 Å². The van der Waals surface area contributed by atoms with Gasteiger partial charge in [0.1, 0.15) is 0 Å². The Labute approximate surface area is 56.8 Å². The topological polar surface area (TPSA) is 0 Å². The first-order valence-electron chi connectivity index (χ1n) is 2.20. The molecule has 0 fully saturated rings. The number of alkyl halides is 1. The van der Waals surface area contributed by atoms with Gasteiger partial charge in [0, 0.05) is 16.1 Å². The molecule has 7 heavy (non-hydrogen) atoms. The molecule has 0 aliphatic heterocycles. The molecule has 0 nitrogen and oxygen atoms in total. The molecular formula is C6H5I. The van der Waals surface area contributed by atoms with Crippen LogP contribution in [0.5, 0.6) is 0 Å². The van der Waals surface area contributed by atoms with E-state index in [9.17, 15) is 0 Å². The Morgan fingerprint density at radius 1 is 1.71 bits per heavy atom. The molecule has 1 rings (SSSR count). The van der Waals surface area contributed by atoms with Crippen molar-refractivity contribution in [1.29, 1.82) is 0 Å². The van der Waals surface area contributed by atoms with E-state index in [2.05, 4.69) is 34.1 Å². The molecular weight excluding hydrogens is 199 g/mol. The molecule has 0 radical (unpaired) electrons. The molecule has 0 aromatic heterocycles. The Bertz CT molecular complexity index is 155. The minimum absolute atomic E-state index is 1.16. The van der Waals surface area contributed by atoms with Gasteiger partial charge in [0.05, 0.1) is 0 Å². The normalized spacial score (nSPS) is 13.6. The predicted octanol–water partition coefficient (Wildman–Crippen LogP) is 2.06. The summed E-state index contributed by atoms with van der Waals surface area (Å²) in [6.45, 7) is 0. The van der Waals surface area contributed by atoms with Gasteiger partial charge in [0.15, 0.2) is 0 Å². The van der Waals surface area contributed by atoms with Crippen LogP contribution in [-0.2, 0) is 0 Å². The molecule has 0 unspecified atom stereocenters. The summed E-state index contributed by atoms with van der Waals surface area (Å²) in [5, 5.41) is 0. The van der Waals surface area contributed by atoms with Crippen LogP contribution in [-0.4, -0.2) is 4.43 Å². The average Bonchev–Trinajstić information content (AvgIpc) is 1.55. The van der Waals surface area contributed by atoms with Crippen molar-refractivity contribution in [1.82, 2.24) is 0 Å². The van der Waals surface area contributed by atoms with Crippen LogP contribution in [0.25, 0.3) is 0 Å². The van der Waals surface area contributed by atoms with Crippen LogP contribution in [0, 0.1) is 0 Å². The zero-order valence-electron chi connectivity index (χ0n) is 3.87. The summed E-state index contributed by atoms with van der Waals surface area (Å²) in [4.78, 5) is 0. The molecule has 0 aromatic carbocycles. The van der Waals surface area contributed by atoms with Crippen molar-refractivity contribution in [2.45, 2.75) is 6.42 Å². The maximum atomic E-state index is 2.95. The second-order valence-electron chi connectivity index (χ2n) is 1.38. The highest BCUT2D eigenvalue weighted by molar-refractivity contribution is 14.1. The molecule has 1 heteroatoms. The fourth-order valence-corrected chi connectivity index (χ4v) is 0.992. The molecule has 0 atom stereocenters. The Morgan fingerprint density at radius 3 is 2.57 bits per heavy atom. The number of hydrogen-bond acceptors (Lipinski definition) is 0. The zero-order valence-corrected chi connectivity index (χ0v) is 6.03. The summed E-state index contributed by atoms with van der Waals surface area (Å²) in [6.07, 6.45) is 3.15. The summed E-state index contributed by atoms with van der Waals surface area (Å²) < 4.78 is 1.19. The molecule has 0 saturated carbocycles. The van der Waals surface area contributed by atoms with Gasteiger partial charge in [-0.3, -0.25) is 0 Å². The second kappa shape index (κ2) is 2.37. The fourth-order valence-electron chi connectivity index (χ4n) is 0.411. The second-order valence-corrected chi connectivity index (χ2v) is 2.46. The minimum Gasteiger partial charge on any atom is -0.0860 e. The summed E-state index contributed by atoms with van der Waals surface area (Å²) in [5.41, 5.74) is 7.10. The van der Waals surface area contributed by atoms with E-state index in [1.54, 1.807) is 0 Å². The van der Waals surface area contributed by atoms with E-state index >= 15 is 0 Å². The SMILES string of the molecule is ICCC1=C=C=C1. The molecule has 0 spiro atoms. The molecule has 0 heterocycles. The van der Waals surface area contributed by atoms with Crippen molar-refractivity contribution >= 4 is 22.6 Å². The van der Waals surface area contributed by atoms with Gasteiger partial charge in [-0.05, 0) is 6.42 Å². The van der Waals surface area contributed by atoms with E-state index in [1.165, 1.54) is 10.0 Å². The van der Waals surface area contributed by atoms with Gasteiger partial charge in [0.2, 0.25) is 0 Å². The lowest BCUT2D eigenvalue weighted by molar-refractivity contribution is 1.19. The summed E-state index contributed by atoms with van der Waals surface area (Å²) >= 11 is 2.35. The van der Waals surface area contributed by atoms with Crippen LogP contribution < -0.4 is 0 Å². The quantitative estimate of drug-likeness (QED) is 0.367. The van der Waals surface area contributed by atoms with Crippen LogP contribution in [0.3, 0.4) is 0 Å². The Hall–Kier alpha value is 0.0300. The molecule has 0 aromatic rings. The third-order valence-electron chi connectivity index (χ3n) is 0.843. The van der Waals surface area contributed by atoms with Crippen LogP contribution in [0.2, 0.25) is 0 Å². The van der Waals surface area contributed by atoms with Gasteiger partial charge < -0.3 is 0 Å². The molecule has 0 amide bonds. The molecule has 0 bridgehead atoms. The standard InChI is InChI=1S/C6H5I/c7-5-4-6-2-1-3-6/h2H,4-5H2. The highest BCUT2D eigenvalue weighted by Crippen LogP contribution is 2.06. The molecule has 0 N–H and O–H groups in total. The van der Waals surface area contributed by atoms with Gasteiger partial charge >= 0.3 is 0 Å². The van der Waals surface area contributed by atoms with Gasteiger partial charge in [-0.1, -0.05) is 34.1 Å². The van der Waals surface area contributed by atoms with Crippen molar-refractivity contribution in [3.63, 3.8) is 0 Å². The fraction of sp³-hybridized carbons (Fsp3) is 0.333. The maximum absolute atomic E-state index is 2.95. The third kappa shape index (κ3) is 1.20. The molecule has 36 valence electrons. The number of allylic oxidation sites excluding steroid dienone is 2. The van der Waals surface area contributed by atoms with Crippen LogP contribution in [0.4, 0.5) is 0 Å². The Kier molecular flexibility index (Phi) is 1.75. The van der Waals surface area contributed by atoms with Crippen molar-refractivity contribution in [3.05, 3.63) is 23.1 Å². The van der Waals surface area contributed by atoms with Gasteiger partial charge in [-0.15, -0.1) is 0 Å². The summed E-state index contributed by atoms with van der Waals surface area (Å²) in [7, 11) is 0. The summed E-state index contributed by atoms with van der Waals surface area (Å²) in [6, 6.07) is 0. The van der Waals surface area contributed by atoms with E-state index in [4.69, 9.17) is 0 Å². The van der Waals surface area contributed by atoms with Crippen molar-refractivity contribution in [2.24, 2.45) is 0 Å². The van der Waals surface area contributed by atoms with Gasteiger partial charge in [0.25, 0.3) is 0 Å². The molecule has 1 aliphatic rings. The smallest absolute Gasteiger partial charge is 0.0115 e. The van der Waals surface area contributed by atoms with E-state index < -0.39 is 0 Å². The largest absolute Gasteiger partial charge is 0.0860 e. The lowest BCUT2D eigenvalue weighted by Gasteiger charge is -1.92. The first kappa shape index (κ1) is 5.17. The lowest BCUT2D eigenvalue weighted by Crippen LogP contribution is -1.79. The van der Waals surface area contributed by atoms with Crippen molar-refractivity contribution in [3.8, 4) is 0 Å². The van der Waals surface area contributed by atoms with E-state index in [-0.39, 0.29) is 0 Å². The van der Waals surface area contributed by atoms with Gasteiger partial charge in [-0.25, -0.2) is 0 Å². The first-order chi connectivity index (χ1) is 3.43.